The van der Waals surface area contributed by atoms with E-state index in [0.29, 0.717) is 11.3 Å². The van der Waals surface area contributed by atoms with Crippen LogP contribution in [0.3, 0.4) is 0 Å². The van der Waals surface area contributed by atoms with Gasteiger partial charge in [0.05, 0.1) is 17.3 Å². The molecule has 1 unspecified atom stereocenters. The Morgan fingerprint density at radius 1 is 1.20 bits per heavy atom. The molecule has 0 bridgehead atoms. The molecule has 1 aromatic carbocycles. The standard InChI is InChI=1S/C21H32N2O2/c1-6-7-8-11-14-23-15(2)18(20(24)25-21(3,4)5)19(22)16-12-9-10-13-17(16)23/h9-10,12-13,15H,6-8,11,14,22H2,1-5H3. The Labute approximate surface area is 152 Å². The number of carbonyl (C=O) groups excluding carboxylic acids is 1. The SMILES string of the molecule is CCCCCCN1c2ccccc2C(N)=C(C(=O)OC(C)(C)C)C1C. The molecular weight excluding hydrogens is 312 g/mol. The highest BCUT2D eigenvalue weighted by atomic mass is 16.6. The van der Waals surface area contributed by atoms with Crippen molar-refractivity contribution in [2.75, 3.05) is 11.4 Å². The monoisotopic (exact) mass is 344 g/mol. The first-order chi connectivity index (χ1) is 11.8. The van der Waals surface area contributed by atoms with Crippen molar-refractivity contribution in [3.8, 4) is 0 Å². The predicted octanol–water partition coefficient (Wildman–Crippen LogP) is 4.49. The van der Waals surface area contributed by atoms with Crippen molar-refractivity contribution in [3.63, 3.8) is 0 Å². The first kappa shape index (κ1) is 19.4. The van der Waals surface area contributed by atoms with Gasteiger partial charge in [0, 0.05) is 17.8 Å². The lowest BCUT2D eigenvalue weighted by Gasteiger charge is -2.39. The number of nitrogens with two attached hydrogens (primary N) is 1. The molecule has 0 spiro atoms. The molecule has 4 heteroatoms. The van der Waals surface area contributed by atoms with Crippen LogP contribution in [-0.4, -0.2) is 24.2 Å². The van der Waals surface area contributed by atoms with E-state index >= 15 is 0 Å². The van der Waals surface area contributed by atoms with Crippen LogP contribution in [0.2, 0.25) is 0 Å². The number of unbranched alkanes of at least 4 members (excludes halogenated alkanes) is 3. The van der Waals surface area contributed by atoms with E-state index in [0.717, 1.165) is 24.2 Å². The van der Waals surface area contributed by atoms with Crippen molar-refractivity contribution < 1.29 is 9.53 Å². The lowest BCUT2D eigenvalue weighted by molar-refractivity contribution is -0.150. The Kier molecular flexibility index (Phi) is 6.15. The Bertz CT molecular complexity index is 644. The molecule has 1 aromatic rings. The zero-order chi connectivity index (χ0) is 18.6. The minimum absolute atomic E-state index is 0.0913. The lowest BCUT2D eigenvalue weighted by Crippen LogP contribution is -2.43. The number of nitrogens with zero attached hydrogens (tertiary/aromatic N) is 1. The second-order valence-corrected chi connectivity index (χ2v) is 7.78. The Morgan fingerprint density at radius 3 is 2.52 bits per heavy atom. The molecule has 0 saturated heterocycles. The highest BCUT2D eigenvalue weighted by molar-refractivity contribution is 6.02. The number of para-hydroxylation sites is 1. The summed E-state index contributed by atoms with van der Waals surface area (Å²) < 4.78 is 5.62. The van der Waals surface area contributed by atoms with Gasteiger partial charge < -0.3 is 15.4 Å². The molecule has 1 aliphatic heterocycles. The summed E-state index contributed by atoms with van der Waals surface area (Å²) in [6.07, 6.45) is 4.75. The molecule has 0 amide bonds. The van der Waals surface area contributed by atoms with Crippen LogP contribution < -0.4 is 10.6 Å². The van der Waals surface area contributed by atoms with Gasteiger partial charge in [0.15, 0.2) is 0 Å². The number of hydrogen-bond donors (Lipinski definition) is 1. The van der Waals surface area contributed by atoms with Gasteiger partial charge in [-0.05, 0) is 40.2 Å². The Balaban J connectivity index is 2.34. The first-order valence-corrected chi connectivity index (χ1v) is 9.35. The molecule has 0 aliphatic carbocycles. The van der Waals surface area contributed by atoms with Gasteiger partial charge in [-0.15, -0.1) is 0 Å². The van der Waals surface area contributed by atoms with Crippen molar-refractivity contribution in [2.24, 2.45) is 5.73 Å². The van der Waals surface area contributed by atoms with E-state index in [1.165, 1.54) is 19.3 Å². The summed E-state index contributed by atoms with van der Waals surface area (Å²) in [7, 11) is 0. The van der Waals surface area contributed by atoms with Gasteiger partial charge in [-0.3, -0.25) is 0 Å². The molecule has 1 aliphatic rings. The Hall–Kier alpha value is -1.97. The third kappa shape index (κ3) is 4.56. The van der Waals surface area contributed by atoms with E-state index in [4.69, 9.17) is 10.5 Å². The van der Waals surface area contributed by atoms with Gasteiger partial charge in [-0.1, -0.05) is 44.4 Å². The summed E-state index contributed by atoms with van der Waals surface area (Å²) in [5.74, 6) is -0.314. The molecule has 25 heavy (non-hydrogen) atoms. The van der Waals surface area contributed by atoms with Gasteiger partial charge in [0.1, 0.15) is 5.60 Å². The molecule has 4 nitrogen and oxygen atoms in total. The molecule has 0 radical (unpaired) electrons. The average Bonchev–Trinajstić information content (AvgIpc) is 2.52. The van der Waals surface area contributed by atoms with E-state index in [9.17, 15) is 4.79 Å². The predicted molar refractivity (Wildman–Crippen MR) is 104 cm³/mol. The maximum absolute atomic E-state index is 12.8. The van der Waals surface area contributed by atoms with Crippen molar-refractivity contribution in [3.05, 3.63) is 35.4 Å². The molecule has 2 N–H and O–H groups in total. The van der Waals surface area contributed by atoms with Gasteiger partial charge in [0.25, 0.3) is 0 Å². The molecular formula is C21H32N2O2. The van der Waals surface area contributed by atoms with E-state index in [-0.39, 0.29) is 12.0 Å². The normalized spacial score (nSPS) is 17.5. The number of esters is 1. The quantitative estimate of drug-likeness (QED) is 0.610. The maximum Gasteiger partial charge on any atom is 0.338 e. The van der Waals surface area contributed by atoms with E-state index in [1.807, 2.05) is 45.9 Å². The molecule has 1 atom stereocenters. The van der Waals surface area contributed by atoms with Gasteiger partial charge in [-0.2, -0.15) is 0 Å². The maximum atomic E-state index is 12.8. The Morgan fingerprint density at radius 2 is 1.88 bits per heavy atom. The van der Waals surface area contributed by atoms with Gasteiger partial charge in [-0.25, -0.2) is 4.79 Å². The minimum atomic E-state index is -0.535. The van der Waals surface area contributed by atoms with Crippen molar-refractivity contribution in [2.45, 2.75) is 71.9 Å². The summed E-state index contributed by atoms with van der Waals surface area (Å²) in [6, 6.07) is 7.97. The fourth-order valence-corrected chi connectivity index (χ4v) is 3.32. The van der Waals surface area contributed by atoms with E-state index in [1.54, 1.807) is 0 Å². The number of fused-ring (bicyclic) bond motifs is 1. The molecule has 138 valence electrons. The minimum Gasteiger partial charge on any atom is -0.456 e. The van der Waals surface area contributed by atoms with Crippen LogP contribution in [-0.2, 0) is 9.53 Å². The van der Waals surface area contributed by atoms with Gasteiger partial charge in [0.2, 0.25) is 0 Å². The fourth-order valence-electron chi connectivity index (χ4n) is 3.32. The highest BCUT2D eigenvalue weighted by Gasteiger charge is 2.35. The third-order valence-electron chi connectivity index (χ3n) is 4.55. The summed E-state index contributed by atoms with van der Waals surface area (Å²) >= 11 is 0. The number of hydrogen-bond acceptors (Lipinski definition) is 4. The van der Waals surface area contributed by atoms with Crippen LogP contribution in [0.25, 0.3) is 5.70 Å². The van der Waals surface area contributed by atoms with Crippen LogP contribution in [0.1, 0.15) is 65.9 Å². The number of anilines is 1. The van der Waals surface area contributed by atoms with Crippen LogP contribution in [0.5, 0.6) is 0 Å². The average molecular weight is 344 g/mol. The van der Waals surface area contributed by atoms with Crippen molar-refractivity contribution >= 4 is 17.4 Å². The first-order valence-electron chi connectivity index (χ1n) is 9.35. The molecule has 2 rings (SSSR count). The molecule has 0 aromatic heterocycles. The van der Waals surface area contributed by atoms with Crippen LogP contribution in [0.4, 0.5) is 5.69 Å². The van der Waals surface area contributed by atoms with Crippen LogP contribution in [0, 0.1) is 0 Å². The lowest BCUT2D eigenvalue weighted by atomic mass is 9.92. The molecule has 0 saturated carbocycles. The van der Waals surface area contributed by atoms with Crippen molar-refractivity contribution in [1.82, 2.24) is 0 Å². The van der Waals surface area contributed by atoms with Gasteiger partial charge >= 0.3 is 5.97 Å². The fraction of sp³-hybridized carbons (Fsp3) is 0.571. The number of benzene rings is 1. The summed E-state index contributed by atoms with van der Waals surface area (Å²) in [6.45, 7) is 10.8. The number of ether oxygens (including phenoxy) is 1. The zero-order valence-corrected chi connectivity index (χ0v) is 16.3. The highest BCUT2D eigenvalue weighted by Crippen LogP contribution is 2.36. The topological polar surface area (TPSA) is 55.6 Å². The molecule has 0 fully saturated rings. The smallest absolute Gasteiger partial charge is 0.338 e. The van der Waals surface area contributed by atoms with E-state index in [2.05, 4.69) is 17.9 Å². The number of carbonyl (C=O) groups is 1. The zero-order valence-electron chi connectivity index (χ0n) is 16.3. The number of rotatable bonds is 6. The second kappa shape index (κ2) is 7.94. The molecule has 1 heterocycles. The summed E-state index contributed by atoms with van der Waals surface area (Å²) in [5.41, 5.74) is 9.01. The second-order valence-electron chi connectivity index (χ2n) is 7.78. The van der Waals surface area contributed by atoms with Crippen LogP contribution >= 0.6 is 0 Å². The van der Waals surface area contributed by atoms with Crippen LogP contribution in [0.15, 0.2) is 29.8 Å². The van der Waals surface area contributed by atoms with Crippen molar-refractivity contribution in [1.29, 1.82) is 0 Å². The summed E-state index contributed by atoms with van der Waals surface area (Å²) in [4.78, 5) is 15.1. The largest absolute Gasteiger partial charge is 0.456 e. The van der Waals surface area contributed by atoms with E-state index < -0.39 is 5.60 Å². The third-order valence-corrected chi connectivity index (χ3v) is 4.55. The summed E-state index contributed by atoms with van der Waals surface area (Å²) in [5, 5.41) is 0.